The molecule has 0 fully saturated rings. The summed E-state index contributed by atoms with van der Waals surface area (Å²) >= 11 is 10.2. The van der Waals surface area contributed by atoms with Gasteiger partial charge in [-0.05, 0) is 6.92 Å². The number of carbonyl (C=O) groups is 1. The lowest BCUT2D eigenvalue weighted by atomic mass is 10.3. The smallest absolute Gasteiger partial charge is 0.165 e. The van der Waals surface area contributed by atoms with Crippen molar-refractivity contribution in [2.75, 3.05) is 0 Å². The second-order valence-electron chi connectivity index (χ2n) is 1.02. The van der Waals surface area contributed by atoms with Crippen LogP contribution in [0.5, 0.6) is 0 Å². The van der Waals surface area contributed by atoms with Gasteiger partial charge in [-0.15, -0.1) is 0 Å². The summed E-state index contributed by atoms with van der Waals surface area (Å²) in [5.74, 6) is -0.233. The molecule has 3 heteroatoms. The number of carbonyl (C=O) groups excluding carboxylic acids is 1. The lowest BCUT2D eigenvalue weighted by molar-refractivity contribution is -0.116. The monoisotopic (exact) mass is 139 g/mol. The minimum Gasteiger partial charge on any atom is -0.297 e. The van der Waals surface area contributed by atoms with Crippen LogP contribution >= 0.6 is 23.2 Å². The molecular weight excluding hydrogens is 135 g/mol. The largest absolute Gasteiger partial charge is 0.297 e. The summed E-state index contributed by atoms with van der Waals surface area (Å²) in [4.78, 5) is 9.29. The lowest BCUT2D eigenvalue weighted by Crippen LogP contribution is -2.04. The molecular formula is C4H5Cl2O. The molecule has 0 heterocycles. The molecule has 0 bridgehead atoms. The molecule has 41 valence electrons. The summed E-state index contributed by atoms with van der Waals surface area (Å²) in [5, 5.41) is 0. The molecule has 0 aromatic rings. The summed E-state index contributed by atoms with van der Waals surface area (Å²) in [6.45, 7) is 3.29. The Labute approximate surface area is 52.6 Å². The fourth-order valence-electron chi connectivity index (χ4n) is 0.109. The quantitative estimate of drug-likeness (QED) is 0.532. The average Bonchev–Trinajstić information content (AvgIpc) is 1.65. The van der Waals surface area contributed by atoms with E-state index in [-0.39, 0.29) is 12.2 Å². The maximum Gasteiger partial charge on any atom is 0.165 e. The number of Topliss-reactive ketones (excluding diaryl/α,β-unsaturated/α-hetero) is 1. The minimum absolute atomic E-state index is 0.164. The van der Waals surface area contributed by atoms with Crippen molar-refractivity contribution in [3.8, 4) is 0 Å². The number of alkyl halides is 2. The van der Waals surface area contributed by atoms with Gasteiger partial charge in [0.05, 0.1) is 0 Å². The molecule has 1 radical (unpaired) electrons. The SMILES string of the molecule is [CH2]CC(=O)C(Cl)Cl. The molecule has 0 spiro atoms. The van der Waals surface area contributed by atoms with Crippen molar-refractivity contribution in [2.24, 2.45) is 0 Å². The third-order valence-electron chi connectivity index (χ3n) is 0.490. The molecule has 0 aliphatic heterocycles. The van der Waals surface area contributed by atoms with Gasteiger partial charge in [-0.1, -0.05) is 23.2 Å². The van der Waals surface area contributed by atoms with Crippen LogP contribution in [0.2, 0.25) is 0 Å². The molecule has 0 rings (SSSR count). The Hall–Kier alpha value is 0.250. The first kappa shape index (κ1) is 7.25. The highest BCUT2D eigenvalue weighted by Crippen LogP contribution is 2.03. The zero-order valence-electron chi connectivity index (χ0n) is 3.66. The van der Waals surface area contributed by atoms with E-state index < -0.39 is 4.84 Å². The average molecular weight is 140 g/mol. The molecule has 0 N–H and O–H groups in total. The second-order valence-corrected chi connectivity index (χ2v) is 2.11. The van der Waals surface area contributed by atoms with Crippen molar-refractivity contribution in [3.05, 3.63) is 6.92 Å². The molecule has 0 aliphatic carbocycles. The van der Waals surface area contributed by atoms with E-state index in [1.54, 1.807) is 0 Å². The minimum atomic E-state index is -0.891. The third-order valence-corrected chi connectivity index (χ3v) is 0.977. The second kappa shape index (κ2) is 3.28. The van der Waals surface area contributed by atoms with Crippen molar-refractivity contribution >= 4 is 29.0 Å². The maximum atomic E-state index is 10.2. The maximum absolute atomic E-state index is 10.2. The summed E-state index contributed by atoms with van der Waals surface area (Å²) < 4.78 is 0. The van der Waals surface area contributed by atoms with Gasteiger partial charge < -0.3 is 0 Å². The third kappa shape index (κ3) is 2.89. The first-order valence-corrected chi connectivity index (χ1v) is 2.66. The molecule has 0 saturated carbocycles. The van der Waals surface area contributed by atoms with E-state index in [0.29, 0.717) is 0 Å². The van der Waals surface area contributed by atoms with Gasteiger partial charge in [-0.25, -0.2) is 0 Å². The highest BCUT2D eigenvalue weighted by Gasteiger charge is 2.06. The van der Waals surface area contributed by atoms with Crippen LogP contribution in [-0.2, 0) is 4.79 Å². The lowest BCUT2D eigenvalue weighted by Gasteiger charge is -1.91. The molecule has 0 aliphatic rings. The Morgan fingerprint density at radius 1 is 1.71 bits per heavy atom. The molecule has 0 saturated heterocycles. The Morgan fingerprint density at radius 2 is 2.14 bits per heavy atom. The van der Waals surface area contributed by atoms with Gasteiger partial charge in [0.2, 0.25) is 0 Å². The number of hydrogen-bond acceptors (Lipinski definition) is 1. The Balaban J connectivity index is 3.35. The van der Waals surface area contributed by atoms with E-state index in [9.17, 15) is 4.79 Å². The first-order valence-electron chi connectivity index (χ1n) is 1.78. The van der Waals surface area contributed by atoms with Gasteiger partial charge >= 0.3 is 0 Å². The van der Waals surface area contributed by atoms with Gasteiger partial charge in [0.15, 0.2) is 10.6 Å². The van der Waals surface area contributed by atoms with Crippen molar-refractivity contribution in [3.63, 3.8) is 0 Å². The molecule has 0 amide bonds. The van der Waals surface area contributed by atoms with E-state index in [2.05, 4.69) is 6.92 Å². The predicted molar refractivity (Wildman–Crippen MR) is 30.5 cm³/mol. The van der Waals surface area contributed by atoms with Crippen LogP contribution in [0, 0.1) is 6.92 Å². The van der Waals surface area contributed by atoms with Gasteiger partial charge in [-0.2, -0.15) is 0 Å². The predicted octanol–water partition coefficient (Wildman–Crippen LogP) is 1.58. The highest BCUT2D eigenvalue weighted by atomic mass is 35.5. The van der Waals surface area contributed by atoms with Crippen molar-refractivity contribution < 1.29 is 4.79 Å². The topological polar surface area (TPSA) is 17.1 Å². The normalized spacial score (nSPS) is 9.71. The van der Waals surface area contributed by atoms with E-state index in [1.807, 2.05) is 0 Å². The highest BCUT2D eigenvalue weighted by molar-refractivity contribution is 6.53. The summed E-state index contributed by atoms with van der Waals surface area (Å²) in [5.41, 5.74) is 0. The molecule has 0 atom stereocenters. The van der Waals surface area contributed by atoms with Crippen LogP contribution < -0.4 is 0 Å². The number of hydrogen-bond donors (Lipinski definition) is 0. The van der Waals surface area contributed by atoms with Crippen LogP contribution in [0.25, 0.3) is 0 Å². The standard InChI is InChI=1S/C4H5Cl2O/c1-2-3(7)4(5)6/h4H,1-2H2. The number of halogens is 2. The Bertz CT molecular complexity index is 70.1. The molecule has 7 heavy (non-hydrogen) atoms. The number of ketones is 1. The van der Waals surface area contributed by atoms with Crippen LogP contribution in [0.3, 0.4) is 0 Å². The van der Waals surface area contributed by atoms with Crippen LogP contribution in [0.4, 0.5) is 0 Å². The van der Waals surface area contributed by atoms with E-state index >= 15 is 0 Å². The summed E-state index contributed by atoms with van der Waals surface area (Å²) in [6.07, 6.45) is 0.164. The van der Waals surface area contributed by atoms with Crippen LogP contribution in [-0.4, -0.2) is 10.6 Å². The fourth-order valence-corrected chi connectivity index (χ4v) is 0.327. The van der Waals surface area contributed by atoms with E-state index in [1.165, 1.54) is 0 Å². The molecule has 0 unspecified atom stereocenters. The molecule has 0 aromatic carbocycles. The molecule has 0 aromatic heterocycles. The molecule has 1 nitrogen and oxygen atoms in total. The zero-order chi connectivity index (χ0) is 5.86. The van der Waals surface area contributed by atoms with Gasteiger partial charge in [0.1, 0.15) is 0 Å². The Morgan fingerprint density at radius 3 is 2.14 bits per heavy atom. The van der Waals surface area contributed by atoms with Gasteiger partial charge in [0.25, 0.3) is 0 Å². The fraction of sp³-hybridized carbons (Fsp3) is 0.500. The van der Waals surface area contributed by atoms with Gasteiger partial charge in [0, 0.05) is 6.42 Å². The zero-order valence-corrected chi connectivity index (χ0v) is 5.17. The van der Waals surface area contributed by atoms with Crippen LogP contribution in [0.1, 0.15) is 6.42 Å². The summed E-state index contributed by atoms with van der Waals surface area (Å²) in [6, 6.07) is 0. The van der Waals surface area contributed by atoms with Crippen LogP contribution in [0.15, 0.2) is 0 Å². The van der Waals surface area contributed by atoms with Gasteiger partial charge in [-0.3, -0.25) is 4.79 Å². The summed E-state index contributed by atoms with van der Waals surface area (Å²) in [7, 11) is 0. The van der Waals surface area contributed by atoms with E-state index in [0.717, 1.165) is 0 Å². The number of rotatable bonds is 2. The first-order chi connectivity index (χ1) is 3.18. The van der Waals surface area contributed by atoms with Crippen molar-refractivity contribution in [1.29, 1.82) is 0 Å². The van der Waals surface area contributed by atoms with Crippen molar-refractivity contribution in [2.45, 2.75) is 11.3 Å². The van der Waals surface area contributed by atoms with Crippen molar-refractivity contribution in [1.82, 2.24) is 0 Å². The Kier molecular flexibility index (Phi) is 3.39. The van der Waals surface area contributed by atoms with E-state index in [4.69, 9.17) is 23.2 Å².